The van der Waals surface area contributed by atoms with E-state index in [1.54, 1.807) is 30.3 Å². The zero-order valence-corrected chi connectivity index (χ0v) is 18.9. The van der Waals surface area contributed by atoms with Crippen molar-refractivity contribution in [1.29, 1.82) is 0 Å². The molecule has 1 aliphatic heterocycles. The van der Waals surface area contributed by atoms with E-state index in [1.807, 2.05) is 0 Å². The van der Waals surface area contributed by atoms with E-state index in [2.05, 4.69) is 58.3 Å². The van der Waals surface area contributed by atoms with Crippen molar-refractivity contribution in [2.75, 3.05) is 28.7 Å². The van der Waals surface area contributed by atoms with Crippen LogP contribution in [0.3, 0.4) is 0 Å². The summed E-state index contributed by atoms with van der Waals surface area (Å²) in [6.45, 7) is 1.69. The second-order valence-electron chi connectivity index (χ2n) is 6.98. The van der Waals surface area contributed by atoms with Crippen LogP contribution in [0.5, 0.6) is 5.75 Å². The average Bonchev–Trinajstić information content (AvgIpc) is 3.31. The number of benzene rings is 2. The molecule has 1 aromatic heterocycles. The van der Waals surface area contributed by atoms with Gasteiger partial charge in [0.15, 0.2) is 0 Å². The standard InChI is InChI=1S/C20H19IN8O3/c21-14-3-8-17(30)13(11-14)12-22-27-19-24-18(25-20(26-19)28-9-1-2-10-28)23-15-4-6-16(7-5-15)29(31)32/h3-8,11-12,30H,1-2,9-10H2,(H2,23,24,25,26,27). The predicted octanol–water partition coefficient (Wildman–Crippen LogP) is 3.88. The molecule has 0 saturated carbocycles. The first-order valence-corrected chi connectivity index (χ1v) is 10.9. The maximum absolute atomic E-state index is 10.9. The third kappa shape index (κ3) is 5.38. The molecule has 164 valence electrons. The maximum atomic E-state index is 10.9. The first-order valence-electron chi connectivity index (χ1n) is 9.78. The van der Waals surface area contributed by atoms with Crippen LogP contribution >= 0.6 is 22.6 Å². The van der Waals surface area contributed by atoms with Gasteiger partial charge in [0.1, 0.15) is 5.75 Å². The zero-order chi connectivity index (χ0) is 22.5. The van der Waals surface area contributed by atoms with Gasteiger partial charge >= 0.3 is 0 Å². The van der Waals surface area contributed by atoms with Gasteiger partial charge < -0.3 is 15.3 Å². The molecule has 1 aliphatic rings. The molecule has 3 N–H and O–H groups in total. The molecule has 11 nitrogen and oxygen atoms in total. The van der Waals surface area contributed by atoms with Crippen molar-refractivity contribution in [3.8, 4) is 5.75 Å². The molecule has 0 bridgehead atoms. The number of hydrazone groups is 1. The number of nitro benzene ring substituents is 1. The lowest BCUT2D eigenvalue weighted by molar-refractivity contribution is -0.384. The summed E-state index contributed by atoms with van der Waals surface area (Å²) in [5.74, 6) is 1.14. The highest BCUT2D eigenvalue weighted by molar-refractivity contribution is 14.1. The maximum Gasteiger partial charge on any atom is 0.269 e. The number of halogens is 1. The number of phenolic OH excluding ortho intramolecular Hbond substituents is 1. The minimum atomic E-state index is -0.455. The van der Waals surface area contributed by atoms with Gasteiger partial charge in [0.05, 0.1) is 11.1 Å². The number of nitrogens with one attached hydrogen (secondary N) is 2. The summed E-state index contributed by atoms with van der Waals surface area (Å²) in [6.07, 6.45) is 3.60. The monoisotopic (exact) mass is 546 g/mol. The number of rotatable bonds is 7. The van der Waals surface area contributed by atoms with Crippen molar-refractivity contribution in [3.63, 3.8) is 0 Å². The molecule has 32 heavy (non-hydrogen) atoms. The molecule has 1 saturated heterocycles. The highest BCUT2D eigenvalue weighted by Crippen LogP contribution is 2.23. The lowest BCUT2D eigenvalue weighted by Gasteiger charge is -2.16. The van der Waals surface area contributed by atoms with Gasteiger partial charge in [-0.1, -0.05) is 0 Å². The van der Waals surface area contributed by atoms with Crippen molar-refractivity contribution in [2.45, 2.75) is 12.8 Å². The second kappa shape index (κ2) is 9.72. The van der Waals surface area contributed by atoms with Crippen molar-refractivity contribution in [3.05, 3.63) is 61.7 Å². The molecule has 4 rings (SSSR count). The molecule has 2 heterocycles. The summed E-state index contributed by atoms with van der Waals surface area (Å²) in [4.78, 5) is 25.7. The van der Waals surface area contributed by atoms with E-state index in [0.29, 0.717) is 17.2 Å². The number of nitrogens with zero attached hydrogens (tertiary/aromatic N) is 6. The first-order chi connectivity index (χ1) is 15.5. The summed E-state index contributed by atoms with van der Waals surface area (Å²) in [7, 11) is 0. The number of anilines is 4. The van der Waals surface area contributed by atoms with E-state index in [4.69, 9.17) is 0 Å². The fraction of sp³-hybridized carbons (Fsp3) is 0.200. The molecule has 1 fully saturated rings. The van der Waals surface area contributed by atoms with Gasteiger partial charge in [-0.25, -0.2) is 5.43 Å². The van der Waals surface area contributed by atoms with Gasteiger partial charge in [-0.3, -0.25) is 10.1 Å². The van der Waals surface area contributed by atoms with Crippen LogP contribution in [0.15, 0.2) is 47.6 Å². The molecular weight excluding hydrogens is 527 g/mol. The largest absolute Gasteiger partial charge is 0.507 e. The van der Waals surface area contributed by atoms with E-state index in [-0.39, 0.29) is 23.3 Å². The van der Waals surface area contributed by atoms with Crippen LogP contribution in [0, 0.1) is 13.7 Å². The number of hydrogen-bond donors (Lipinski definition) is 3. The number of non-ortho nitro benzene ring substituents is 1. The van der Waals surface area contributed by atoms with Gasteiger partial charge in [-0.05, 0) is 65.8 Å². The van der Waals surface area contributed by atoms with Crippen molar-refractivity contribution < 1.29 is 10.0 Å². The van der Waals surface area contributed by atoms with Crippen molar-refractivity contribution in [2.24, 2.45) is 5.10 Å². The van der Waals surface area contributed by atoms with Crippen LogP contribution in [0.1, 0.15) is 18.4 Å². The lowest BCUT2D eigenvalue weighted by Crippen LogP contribution is -2.21. The summed E-state index contributed by atoms with van der Waals surface area (Å²) in [5.41, 5.74) is 3.95. The third-order valence-corrected chi connectivity index (χ3v) is 5.38. The number of phenols is 1. The van der Waals surface area contributed by atoms with Gasteiger partial charge in [-0.2, -0.15) is 20.1 Å². The lowest BCUT2D eigenvalue weighted by atomic mass is 10.2. The van der Waals surface area contributed by atoms with E-state index in [0.717, 1.165) is 29.5 Å². The van der Waals surface area contributed by atoms with Crippen molar-refractivity contribution in [1.82, 2.24) is 15.0 Å². The highest BCUT2D eigenvalue weighted by Gasteiger charge is 2.17. The smallest absolute Gasteiger partial charge is 0.269 e. The Balaban J connectivity index is 1.57. The van der Waals surface area contributed by atoms with Crippen LogP contribution < -0.4 is 15.6 Å². The van der Waals surface area contributed by atoms with Gasteiger partial charge in [0, 0.05) is 40.0 Å². The Labute approximate surface area is 196 Å². The highest BCUT2D eigenvalue weighted by atomic mass is 127. The molecule has 0 unspecified atom stereocenters. The van der Waals surface area contributed by atoms with Gasteiger partial charge in [0.2, 0.25) is 17.8 Å². The van der Waals surface area contributed by atoms with E-state index >= 15 is 0 Å². The molecule has 3 aromatic rings. The first kappa shape index (κ1) is 21.7. The Morgan fingerprint density at radius 1 is 1.09 bits per heavy atom. The van der Waals surface area contributed by atoms with Crippen LogP contribution in [-0.2, 0) is 0 Å². The number of nitro groups is 1. The molecule has 0 radical (unpaired) electrons. The zero-order valence-electron chi connectivity index (χ0n) is 16.8. The Morgan fingerprint density at radius 2 is 1.81 bits per heavy atom. The summed E-state index contributed by atoms with van der Waals surface area (Å²) >= 11 is 2.15. The van der Waals surface area contributed by atoms with Crippen LogP contribution in [0.25, 0.3) is 0 Å². The molecule has 0 spiro atoms. The van der Waals surface area contributed by atoms with E-state index < -0.39 is 4.92 Å². The molecule has 0 atom stereocenters. The normalized spacial score (nSPS) is 13.5. The molecule has 0 aliphatic carbocycles. The second-order valence-corrected chi connectivity index (χ2v) is 8.22. The molecule has 0 amide bonds. The van der Waals surface area contributed by atoms with E-state index in [1.165, 1.54) is 18.3 Å². The molecular formula is C20H19IN8O3. The molecule has 12 heteroatoms. The van der Waals surface area contributed by atoms with Crippen LogP contribution in [0.2, 0.25) is 0 Å². The average molecular weight is 546 g/mol. The van der Waals surface area contributed by atoms with Crippen LogP contribution in [0.4, 0.5) is 29.2 Å². The third-order valence-electron chi connectivity index (χ3n) is 4.70. The fourth-order valence-electron chi connectivity index (χ4n) is 3.11. The van der Waals surface area contributed by atoms with Gasteiger partial charge in [-0.15, -0.1) is 0 Å². The Bertz CT molecular complexity index is 1150. The Morgan fingerprint density at radius 3 is 2.53 bits per heavy atom. The SMILES string of the molecule is O=[N+]([O-])c1ccc(Nc2nc(NN=Cc3cc(I)ccc3O)nc(N3CCCC3)n2)cc1. The molecule has 2 aromatic carbocycles. The number of hydrogen-bond acceptors (Lipinski definition) is 10. The van der Waals surface area contributed by atoms with Gasteiger partial charge in [0.25, 0.3) is 5.69 Å². The quantitative estimate of drug-likeness (QED) is 0.174. The summed E-state index contributed by atoms with van der Waals surface area (Å²) in [5, 5.41) is 28.0. The van der Waals surface area contributed by atoms with Crippen molar-refractivity contribution >= 4 is 58.0 Å². The Hall–Kier alpha value is -3.55. The van der Waals surface area contributed by atoms with Crippen LogP contribution in [-0.4, -0.2) is 44.3 Å². The minimum Gasteiger partial charge on any atom is -0.507 e. The Kier molecular flexibility index (Phi) is 6.58. The summed E-state index contributed by atoms with van der Waals surface area (Å²) < 4.78 is 0.966. The number of aromatic nitrogens is 3. The summed E-state index contributed by atoms with van der Waals surface area (Å²) in [6, 6.07) is 11.2. The predicted molar refractivity (Wildman–Crippen MR) is 130 cm³/mol. The minimum absolute atomic E-state index is 0.000490. The fourth-order valence-corrected chi connectivity index (χ4v) is 3.63. The van der Waals surface area contributed by atoms with E-state index in [9.17, 15) is 15.2 Å². The topological polar surface area (TPSA) is 142 Å². The number of aromatic hydroxyl groups is 1.